The molecular formula is C50H31N5O. The van der Waals surface area contributed by atoms with Crippen LogP contribution >= 0.6 is 0 Å². The summed E-state index contributed by atoms with van der Waals surface area (Å²) in [6.45, 7) is 0. The third kappa shape index (κ3) is 4.86. The molecule has 56 heavy (non-hydrogen) atoms. The number of para-hydroxylation sites is 2. The first kappa shape index (κ1) is 31.9. The summed E-state index contributed by atoms with van der Waals surface area (Å²) in [6.07, 6.45) is 0. The molecule has 1 aliphatic carbocycles. The molecule has 6 nitrogen and oxygen atoms in total. The number of benzene rings is 7. The van der Waals surface area contributed by atoms with Crippen LogP contribution in [0.1, 0.15) is 22.3 Å². The van der Waals surface area contributed by atoms with Crippen molar-refractivity contribution in [3.8, 4) is 79.3 Å². The van der Waals surface area contributed by atoms with Gasteiger partial charge in [-0.3, -0.25) is 0 Å². The van der Waals surface area contributed by atoms with Gasteiger partial charge in [0.2, 0.25) is 0 Å². The molecule has 1 aliphatic heterocycles. The smallest absolute Gasteiger partial charge is 0.164 e. The van der Waals surface area contributed by atoms with Crippen LogP contribution in [0.4, 0.5) is 0 Å². The monoisotopic (exact) mass is 717 g/mol. The van der Waals surface area contributed by atoms with Crippen LogP contribution in [0.15, 0.2) is 188 Å². The molecule has 0 bridgehead atoms. The Kier molecular flexibility index (Phi) is 7.29. The van der Waals surface area contributed by atoms with Gasteiger partial charge in [-0.1, -0.05) is 164 Å². The van der Waals surface area contributed by atoms with E-state index in [4.69, 9.17) is 29.9 Å². The third-order valence-corrected chi connectivity index (χ3v) is 10.9. The molecule has 0 fully saturated rings. The molecule has 0 N–H and O–H groups in total. The Hall–Kier alpha value is -7.57. The van der Waals surface area contributed by atoms with Crippen LogP contribution < -0.4 is 4.74 Å². The highest BCUT2D eigenvalue weighted by atomic mass is 16.5. The Morgan fingerprint density at radius 1 is 0.339 bits per heavy atom. The summed E-state index contributed by atoms with van der Waals surface area (Å²) < 4.78 is 6.70. The van der Waals surface area contributed by atoms with Crippen LogP contribution in [0.2, 0.25) is 0 Å². The van der Waals surface area contributed by atoms with Gasteiger partial charge in [0.25, 0.3) is 0 Å². The maximum absolute atomic E-state index is 6.70. The highest BCUT2D eigenvalue weighted by Gasteiger charge is 2.53. The van der Waals surface area contributed by atoms with E-state index in [0.29, 0.717) is 17.5 Å². The van der Waals surface area contributed by atoms with Crippen molar-refractivity contribution in [2.75, 3.05) is 0 Å². The molecule has 0 amide bonds. The Balaban J connectivity index is 1.23. The van der Waals surface area contributed by atoms with E-state index in [1.54, 1.807) is 0 Å². The van der Waals surface area contributed by atoms with Gasteiger partial charge in [-0.15, -0.1) is 10.2 Å². The molecule has 11 rings (SSSR count). The standard InChI is InChI=1S/C50H31N5O/c1-4-16-32(17-5-1)41-30-31-42(55-54-41)35-22-15-27-40-45(35)36-23-14-24-37(46(36)50(40)38-25-10-12-28-43(38)56-44-29-13-11-26-39(44)50)49-52-47(33-18-6-2-7-19-33)51-48(53-49)34-20-8-3-9-21-34/h1-31H. The van der Waals surface area contributed by atoms with Gasteiger partial charge in [0, 0.05) is 38.9 Å². The van der Waals surface area contributed by atoms with E-state index >= 15 is 0 Å². The summed E-state index contributed by atoms with van der Waals surface area (Å²) in [5.74, 6) is 3.43. The topological polar surface area (TPSA) is 73.7 Å². The summed E-state index contributed by atoms with van der Waals surface area (Å²) in [4.78, 5) is 15.6. The Bertz CT molecular complexity index is 2830. The average Bonchev–Trinajstić information content (AvgIpc) is 3.58. The summed E-state index contributed by atoms with van der Waals surface area (Å²) in [6, 6.07) is 64.3. The van der Waals surface area contributed by atoms with Crippen LogP contribution in [-0.4, -0.2) is 25.1 Å². The first-order valence-electron chi connectivity index (χ1n) is 18.7. The minimum absolute atomic E-state index is 0.594. The van der Waals surface area contributed by atoms with Crippen molar-refractivity contribution in [1.82, 2.24) is 25.1 Å². The number of ether oxygens (including phenoxy) is 1. The molecule has 0 atom stereocenters. The molecule has 3 heterocycles. The lowest BCUT2D eigenvalue weighted by Gasteiger charge is -2.40. The van der Waals surface area contributed by atoms with Gasteiger partial charge in [-0.2, -0.15) is 0 Å². The van der Waals surface area contributed by atoms with Crippen LogP contribution in [0.25, 0.3) is 67.8 Å². The number of hydrogen-bond donors (Lipinski definition) is 0. The highest BCUT2D eigenvalue weighted by molar-refractivity contribution is 5.99. The van der Waals surface area contributed by atoms with Crippen molar-refractivity contribution < 1.29 is 4.74 Å². The maximum Gasteiger partial charge on any atom is 0.164 e. The second kappa shape index (κ2) is 12.8. The van der Waals surface area contributed by atoms with Crippen LogP contribution in [0, 0.1) is 0 Å². The van der Waals surface area contributed by atoms with Crippen LogP contribution in [-0.2, 0) is 5.41 Å². The molecule has 0 unspecified atom stereocenters. The van der Waals surface area contributed by atoms with Gasteiger partial charge in [0.15, 0.2) is 17.5 Å². The molecule has 2 aromatic heterocycles. The Morgan fingerprint density at radius 2 is 0.804 bits per heavy atom. The largest absolute Gasteiger partial charge is 0.457 e. The highest BCUT2D eigenvalue weighted by Crippen LogP contribution is 2.64. The van der Waals surface area contributed by atoms with Crippen molar-refractivity contribution in [1.29, 1.82) is 0 Å². The Labute approximate surface area is 323 Å². The summed E-state index contributed by atoms with van der Waals surface area (Å²) in [5, 5.41) is 9.59. The first-order valence-corrected chi connectivity index (χ1v) is 18.7. The summed E-state index contributed by atoms with van der Waals surface area (Å²) in [7, 11) is 0. The minimum Gasteiger partial charge on any atom is -0.457 e. The summed E-state index contributed by atoms with van der Waals surface area (Å²) >= 11 is 0. The van der Waals surface area contributed by atoms with Gasteiger partial charge in [-0.05, 0) is 46.5 Å². The quantitative estimate of drug-likeness (QED) is 0.176. The fraction of sp³-hybridized carbons (Fsp3) is 0.0200. The number of aromatic nitrogens is 5. The fourth-order valence-electron chi connectivity index (χ4n) is 8.58. The van der Waals surface area contributed by atoms with E-state index < -0.39 is 5.41 Å². The zero-order valence-corrected chi connectivity index (χ0v) is 30.0. The van der Waals surface area contributed by atoms with Crippen LogP contribution in [0.5, 0.6) is 11.5 Å². The van der Waals surface area contributed by atoms with Gasteiger partial charge in [0.05, 0.1) is 16.8 Å². The van der Waals surface area contributed by atoms with Gasteiger partial charge in [0.1, 0.15) is 11.5 Å². The van der Waals surface area contributed by atoms with Gasteiger partial charge >= 0.3 is 0 Å². The minimum atomic E-state index is -0.785. The van der Waals surface area contributed by atoms with E-state index in [0.717, 1.165) is 84.1 Å². The Morgan fingerprint density at radius 3 is 1.41 bits per heavy atom. The van der Waals surface area contributed by atoms with E-state index in [-0.39, 0.29) is 0 Å². The molecule has 6 heteroatoms. The fourth-order valence-corrected chi connectivity index (χ4v) is 8.58. The van der Waals surface area contributed by atoms with E-state index in [2.05, 4.69) is 97.1 Å². The summed E-state index contributed by atoms with van der Waals surface area (Å²) in [5.41, 5.74) is 12.1. The molecule has 1 spiro atoms. The lowest BCUT2D eigenvalue weighted by Crippen LogP contribution is -2.32. The number of fused-ring (bicyclic) bond motifs is 9. The van der Waals surface area contributed by atoms with E-state index in [9.17, 15) is 0 Å². The molecule has 9 aromatic rings. The van der Waals surface area contributed by atoms with E-state index in [1.807, 2.05) is 91.0 Å². The van der Waals surface area contributed by atoms with Crippen molar-refractivity contribution in [3.05, 3.63) is 210 Å². The molecule has 262 valence electrons. The van der Waals surface area contributed by atoms with Crippen molar-refractivity contribution in [2.45, 2.75) is 5.41 Å². The first-order chi connectivity index (χ1) is 27.8. The van der Waals surface area contributed by atoms with Crippen molar-refractivity contribution in [2.24, 2.45) is 0 Å². The zero-order valence-electron chi connectivity index (χ0n) is 30.0. The van der Waals surface area contributed by atoms with Crippen LogP contribution in [0.3, 0.4) is 0 Å². The molecular weight excluding hydrogens is 687 g/mol. The van der Waals surface area contributed by atoms with E-state index in [1.165, 1.54) is 0 Å². The normalized spacial score (nSPS) is 12.9. The number of rotatable bonds is 5. The third-order valence-electron chi connectivity index (χ3n) is 10.9. The predicted octanol–water partition coefficient (Wildman–Crippen LogP) is 11.5. The maximum atomic E-state index is 6.70. The lowest BCUT2D eigenvalue weighted by atomic mass is 9.65. The molecule has 0 saturated heterocycles. The SMILES string of the molecule is c1ccc(-c2ccc(-c3cccc4c3-c3cccc(-c5nc(-c6ccccc6)nc(-c6ccccc6)n5)c3C43c4ccccc4Oc4ccccc43)nn2)cc1. The number of nitrogens with zero attached hydrogens (tertiary/aromatic N) is 5. The van der Waals surface area contributed by atoms with Crippen molar-refractivity contribution >= 4 is 0 Å². The predicted molar refractivity (Wildman–Crippen MR) is 220 cm³/mol. The van der Waals surface area contributed by atoms with Crippen molar-refractivity contribution in [3.63, 3.8) is 0 Å². The van der Waals surface area contributed by atoms with Gasteiger partial charge in [-0.25, -0.2) is 15.0 Å². The second-order valence-corrected chi connectivity index (χ2v) is 14.0. The molecule has 0 radical (unpaired) electrons. The number of hydrogen-bond acceptors (Lipinski definition) is 6. The molecule has 0 saturated carbocycles. The molecule has 7 aromatic carbocycles. The molecule has 2 aliphatic rings. The average molecular weight is 718 g/mol. The second-order valence-electron chi connectivity index (χ2n) is 14.0. The zero-order chi connectivity index (χ0) is 37.1. The van der Waals surface area contributed by atoms with Gasteiger partial charge < -0.3 is 4.74 Å². The lowest BCUT2D eigenvalue weighted by molar-refractivity contribution is 0.436.